The summed E-state index contributed by atoms with van der Waals surface area (Å²) in [5.74, 6) is 0. The van der Waals surface area contributed by atoms with Crippen molar-refractivity contribution in [2.24, 2.45) is 0 Å². The Bertz CT molecular complexity index is 502. The first kappa shape index (κ1) is 12.9. The van der Waals surface area contributed by atoms with Crippen LogP contribution in [0, 0.1) is 0 Å². The van der Waals surface area contributed by atoms with Gasteiger partial charge in [-0.3, -0.25) is 0 Å². The predicted molar refractivity (Wildman–Crippen MR) is 81.3 cm³/mol. The lowest BCUT2D eigenvalue weighted by Crippen LogP contribution is -1.96. The van der Waals surface area contributed by atoms with Gasteiger partial charge >= 0.3 is 0 Å². The first-order valence-corrected chi connectivity index (χ1v) is 7.04. The van der Waals surface area contributed by atoms with Crippen molar-refractivity contribution in [1.82, 2.24) is 0 Å². The normalized spacial score (nSPS) is 10.8. The molecule has 0 saturated carbocycles. The Balaban J connectivity index is 2.19. The van der Waals surface area contributed by atoms with Gasteiger partial charge in [0, 0.05) is 12.7 Å². The summed E-state index contributed by atoms with van der Waals surface area (Å²) in [6.45, 7) is 2.26. The molecule has 96 valence electrons. The molecular weight excluding hydrogens is 218 g/mol. The van der Waals surface area contributed by atoms with Gasteiger partial charge < -0.3 is 5.32 Å². The van der Waals surface area contributed by atoms with Crippen molar-refractivity contribution in [2.75, 3.05) is 12.4 Å². The average Bonchev–Trinajstić information content (AvgIpc) is 2.42. The summed E-state index contributed by atoms with van der Waals surface area (Å²) in [5.41, 5.74) is 2.73. The first-order valence-electron chi connectivity index (χ1n) is 7.04. The lowest BCUT2D eigenvalue weighted by Gasteiger charge is -2.11. The summed E-state index contributed by atoms with van der Waals surface area (Å²) >= 11 is 0. The number of aryl methyl sites for hydroxylation is 1. The van der Waals surface area contributed by atoms with E-state index >= 15 is 0 Å². The van der Waals surface area contributed by atoms with Crippen LogP contribution < -0.4 is 5.32 Å². The van der Waals surface area contributed by atoms with Crippen LogP contribution >= 0.6 is 0 Å². The number of hydrogen-bond acceptors (Lipinski definition) is 1. The van der Waals surface area contributed by atoms with Crippen LogP contribution in [0.3, 0.4) is 0 Å². The molecule has 0 fully saturated rings. The van der Waals surface area contributed by atoms with E-state index in [2.05, 4.69) is 48.6 Å². The van der Waals surface area contributed by atoms with Crippen molar-refractivity contribution in [3.63, 3.8) is 0 Å². The topological polar surface area (TPSA) is 12.0 Å². The smallest absolute Gasteiger partial charge is 0.0376 e. The molecule has 0 aromatic heterocycles. The van der Waals surface area contributed by atoms with Gasteiger partial charge in [-0.25, -0.2) is 0 Å². The van der Waals surface area contributed by atoms with Gasteiger partial charge in [-0.05, 0) is 41.3 Å². The first-order chi connectivity index (χ1) is 8.85. The highest BCUT2D eigenvalue weighted by Gasteiger charge is 2.03. The van der Waals surface area contributed by atoms with Crippen molar-refractivity contribution >= 4 is 16.5 Å². The van der Waals surface area contributed by atoms with Gasteiger partial charge in [-0.2, -0.15) is 0 Å². The summed E-state index contributed by atoms with van der Waals surface area (Å²) in [5, 5.41) is 6.00. The molecule has 1 heteroatoms. The van der Waals surface area contributed by atoms with Crippen molar-refractivity contribution < 1.29 is 0 Å². The highest BCUT2D eigenvalue weighted by Crippen LogP contribution is 2.25. The summed E-state index contributed by atoms with van der Waals surface area (Å²) < 4.78 is 0. The van der Waals surface area contributed by atoms with Crippen molar-refractivity contribution in [3.8, 4) is 0 Å². The van der Waals surface area contributed by atoms with Crippen molar-refractivity contribution in [1.29, 1.82) is 0 Å². The Morgan fingerprint density at radius 1 is 0.944 bits per heavy atom. The van der Waals surface area contributed by atoms with Gasteiger partial charge in [0.1, 0.15) is 0 Å². The standard InChI is InChI=1S/C17H23N/c1-3-4-5-6-11-16-12-14-9-7-8-10-15(14)13-17(16)18-2/h7-10,12-13,18H,3-6,11H2,1-2H3. The molecule has 0 unspecified atom stereocenters. The van der Waals surface area contributed by atoms with E-state index in [1.807, 2.05) is 7.05 Å². The van der Waals surface area contributed by atoms with E-state index in [4.69, 9.17) is 0 Å². The monoisotopic (exact) mass is 241 g/mol. The van der Waals surface area contributed by atoms with Gasteiger partial charge in [0.15, 0.2) is 0 Å². The molecule has 0 radical (unpaired) electrons. The third-order valence-corrected chi connectivity index (χ3v) is 3.54. The summed E-state index contributed by atoms with van der Waals surface area (Å²) in [4.78, 5) is 0. The van der Waals surface area contributed by atoms with Crippen LogP contribution in [0.2, 0.25) is 0 Å². The number of fused-ring (bicyclic) bond motifs is 1. The zero-order chi connectivity index (χ0) is 12.8. The second-order valence-corrected chi connectivity index (χ2v) is 4.92. The number of anilines is 1. The molecule has 0 bridgehead atoms. The van der Waals surface area contributed by atoms with E-state index in [-0.39, 0.29) is 0 Å². The lowest BCUT2D eigenvalue weighted by molar-refractivity contribution is 0.667. The Morgan fingerprint density at radius 3 is 2.33 bits per heavy atom. The molecule has 0 atom stereocenters. The minimum atomic E-state index is 1.18. The summed E-state index contributed by atoms with van der Waals surface area (Å²) in [7, 11) is 2.01. The molecule has 0 aliphatic carbocycles. The largest absolute Gasteiger partial charge is 0.388 e. The highest BCUT2D eigenvalue weighted by molar-refractivity contribution is 5.87. The molecular formula is C17H23N. The fraction of sp³-hybridized carbons (Fsp3) is 0.412. The Kier molecular flexibility index (Phi) is 4.63. The molecule has 2 aromatic carbocycles. The maximum absolute atomic E-state index is 3.33. The molecule has 2 rings (SSSR count). The molecule has 0 aliphatic heterocycles. The van der Waals surface area contributed by atoms with Gasteiger partial charge in [-0.15, -0.1) is 0 Å². The number of benzene rings is 2. The molecule has 0 heterocycles. The Morgan fingerprint density at radius 2 is 1.67 bits per heavy atom. The summed E-state index contributed by atoms with van der Waals surface area (Å²) in [6, 6.07) is 13.2. The fourth-order valence-corrected chi connectivity index (χ4v) is 2.47. The SMILES string of the molecule is CCCCCCc1cc2ccccc2cc1NC. The highest BCUT2D eigenvalue weighted by atomic mass is 14.8. The molecule has 0 saturated heterocycles. The predicted octanol–water partition coefficient (Wildman–Crippen LogP) is 5.00. The molecule has 0 amide bonds. The van der Waals surface area contributed by atoms with Crippen LogP contribution in [-0.4, -0.2) is 7.05 Å². The third kappa shape index (κ3) is 3.04. The number of nitrogens with one attached hydrogen (secondary N) is 1. The minimum Gasteiger partial charge on any atom is -0.388 e. The third-order valence-electron chi connectivity index (χ3n) is 3.54. The molecule has 0 aliphatic rings. The van der Waals surface area contributed by atoms with Gasteiger partial charge in [-0.1, -0.05) is 50.5 Å². The zero-order valence-corrected chi connectivity index (χ0v) is 11.5. The van der Waals surface area contributed by atoms with Crippen LogP contribution in [0.25, 0.3) is 10.8 Å². The van der Waals surface area contributed by atoms with E-state index in [0.717, 1.165) is 0 Å². The molecule has 1 nitrogen and oxygen atoms in total. The number of unbranched alkanes of at least 4 members (excludes halogenated alkanes) is 3. The van der Waals surface area contributed by atoms with Crippen LogP contribution in [0.5, 0.6) is 0 Å². The van der Waals surface area contributed by atoms with E-state index in [0.29, 0.717) is 0 Å². The Hall–Kier alpha value is -1.50. The van der Waals surface area contributed by atoms with Crippen LogP contribution in [-0.2, 0) is 6.42 Å². The van der Waals surface area contributed by atoms with Gasteiger partial charge in [0.25, 0.3) is 0 Å². The van der Waals surface area contributed by atoms with Crippen LogP contribution in [0.15, 0.2) is 36.4 Å². The van der Waals surface area contributed by atoms with Crippen LogP contribution in [0.1, 0.15) is 38.2 Å². The molecule has 2 aromatic rings. The van der Waals surface area contributed by atoms with Gasteiger partial charge in [0.2, 0.25) is 0 Å². The van der Waals surface area contributed by atoms with Crippen molar-refractivity contribution in [3.05, 3.63) is 42.0 Å². The summed E-state index contributed by atoms with van der Waals surface area (Å²) in [6.07, 6.45) is 6.47. The van der Waals surface area contributed by atoms with Gasteiger partial charge in [0.05, 0.1) is 0 Å². The molecule has 0 spiro atoms. The maximum Gasteiger partial charge on any atom is 0.0376 e. The second-order valence-electron chi connectivity index (χ2n) is 4.92. The molecule has 18 heavy (non-hydrogen) atoms. The lowest BCUT2D eigenvalue weighted by atomic mass is 10.00. The molecule has 1 N–H and O–H groups in total. The van der Waals surface area contributed by atoms with E-state index in [1.54, 1.807) is 0 Å². The fourth-order valence-electron chi connectivity index (χ4n) is 2.47. The average molecular weight is 241 g/mol. The number of rotatable bonds is 6. The van der Waals surface area contributed by atoms with E-state index in [1.165, 1.54) is 54.1 Å². The zero-order valence-electron chi connectivity index (χ0n) is 11.5. The van der Waals surface area contributed by atoms with E-state index < -0.39 is 0 Å². The minimum absolute atomic E-state index is 1.18. The quantitative estimate of drug-likeness (QED) is 0.701. The van der Waals surface area contributed by atoms with Crippen LogP contribution in [0.4, 0.5) is 5.69 Å². The van der Waals surface area contributed by atoms with E-state index in [9.17, 15) is 0 Å². The number of hydrogen-bond donors (Lipinski definition) is 1. The second kappa shape index (κ2) is 6.44. The van der Waals surface area contributed by atoms with Crippen molar-refractivity contribution in [2.45, 2.75) is 39.0 Å². The Labute approximate surface area is 110 Å². The maximum atomic E-state index is 3.33.